The lowest BCUT2D eigenvalue weighted by Crippen LogP contribution is -2.32. The average Bonchev–Trinajstić information content (AvgIpc) is 2.73. The molecule has 1 aromatic rings. The van der Waals surface area contributed by atoms with Gasteiger partial charge in [0.05, 0.1) is 17.5 Å². The van der Waals surface area contributed by atoms with Crippen LogP contribution in [0.15, 0.2) is 5.51 Å². The molecule has 0 aliphatic rings. The van der Waals surface area contributed by atoms with Crippen LogP contribution in [0, 0.1) is 6.92 Å². The minimum absolute atomic E-state index is 0.265. The molecule has 0 radical (unpaired) electrons. The molecule has 0 fully saturated rings. The normalized spacial score (nSPS) is 13.9. The molecule has 0 saturated heterocycles. The summed E-state index contributed by atoms with van der Waals surface area (Å²) < 4.78 is 24.3. The fraction of sp³-hybridized carbons (Fsp3) is 0.750. The molecule has 1 heterocycles. The van der Waals surface area contributed by atoms with Crippen LogP contribution < -0.4 is 5.32 Å². The molecule has 1 aromatic heterocycles. The quantitative estimate of drug-likeness (QED) is 0.744. The van der Waals surface area contributed by atoms with Crippen molar-refractivity contribution in [3.8, 4) is 0 Å². The van der Waals surface area contributed by atoms with Crippen LogP contribution >= 0.6 is 11.3 Å². The first-order chi connectivity index (χ1) is 8.86. The SMILES string of the molecule is CCN(CCCNC(C)c1scnc1C)S(C)(=O)=O. The molecule has 0 aliphatic carbocycles. The molecule has 0 aromatic carbocycles. The number of nitrogens with zero attached hydrogens (tertiary/aromatic N) is 2. The number of hydrogen-bond acceptors (Lipinski definition) is 5. The Bertz CT molecular complexity index is 485. The van der Waals surface area contributed by atoms with Crippen LogP contribution in [-0.2, 0) is 10.0 Å². The van der Waals surface area contributed by atoms with Crippen molar-refractivity contribution in [2.45, 2.75) is 33.2 Å². The fourth-order valence-electron chi connectivity index (χ4n) is 1.95. The summed E-state index contributed by atoms with van der Waals surface area (Å²) in [4.78, 5) is 5.48. The van der Waals surface area contributed by atoms with Gasteiger partial charge in [-0.05, 0) is 26.8 Å². The van der Waals surface area contributed by atoms with Crippen molar-refractivity contribution in [1.29, 1.82) is 0 Å². The molecule has 110 valence electrons. The van der Waals surface area contributed by atoms with E-state index in [1.165, 1.54) is 15.4 Å². The Morgan fingerprint density at radius 1 is 1.53 bits per heavy atom. The van der Waals surface area contributed by atoms with Gasteiger partial charge in [0.25, 0.3) is 0 Å². The minimum Gasteiger partial charge on any atom is -0.309 e. The zero-order valence-corrected chi connectivity index (χ0v) is 13.6. The predicted octanol–water partition coefficient (Wildman–Crippen LogP) is 1.77. The Hall–Kier alpha value is -0.500. The van der Waals surface area contributed by atoms with Gasteiger partial charge in [0, 0.05) is 24.0 Å². The lowest BCUT2D eigenvalue weighted by atomic mass is 10.2. The maximum Gasteiger partial charge on any atom is 0.211 e. The zero-order chi connectivity index (χ0) is 14.5. The van der Waals surface area contributed by atoms with Gasteiger partial charge in [0.15, 0.2) is 0 Å². The van der Waals surface area contributed by atoms with Crippen molar-refractivity contribution in [3.05, 3.63) is 16.1 Å². The number of hydrogen-bond donors (Lipinski definition) is 1. The van der Waals surface area contributed by atoms with E-state index in [1.807, 2.05) is 19.4 Å². The third kappa shape index (κ3) is 5.18. The first-order valence-corrected chi connectivity index (χ1v) is 9.17. The average molecular weight is 305 g/mol. The Balaban J connectivity index is 2.33. The summed E-state index contributed by atoms with van der Waals surface area (Å²) in [5, 5.41) is 3.41. The monoisotopic (exact) mass is 305 g/mol. The van der Waals surface area contributed by atoms with E-state index >= 15 is 0 Å². The molecule has 0 bridgehead atoms. The number of sulfonamides is 1. The standard InChI is InChI=1S/C12H23N3O2S2/c1-5-15(19(4,16)17)8-6-7-13-10(2)12-11(3)14-9-18-12/h9-10,13H,5-8H2,1-4H3. The highest BCUT2D eigenvalue weighted by molar-refractivity contribution is 7.88. The summed E-state index contributed by atoms with van der Waals surface area (Å²) in [7, 11) is -3.07. The van der Waals surface area contributed by atoms with Crippen molar-refractivity contribution < 1.29 is 8.42 Å². The number of aromatic nitrogens is 1. The number of nitrogens with one attached hydrogen (secondary N) is 1. The molecular formula is C12H23N3O2S2. The van der Waals surface area contributed by atoms with Crippen LogP contribution in [0.4, 0.5) is 0 Å². The Morgan fingerprint density at radius 2 is 2.21 bits per heavy atom. The second kappa shape index (κ2) is 7.33. The van der Waals surface area contributed by atoms with Gasteiger partial charge in [-0.25, -0.2) is 17.7 Å². The Kier molecular flexibility index (Phi) is 6.38. The van der Waals surface area contributed by atoms with Crippen LogP contribution in [-0.4, -0.2) is 43.6 Å². The molecule has 0 aliphatic heterocycles. The van der Waals surface area contributed by atoms with Gasteiger partial charge in [-0.3, -0.25) is 0 Å². The van der Waals surface area contributed by atoms with E-state index in [1.54, 1.807) is 11.3 Å². The van der Waals surface area contributed by atoms with Gasteiger partial charge in [0.1, 0.15) is 0 Å². The minimum atomic E-state index is -3.07. The predicted molar refractivity (Wildman–Crippen MR) is 80.0 cm³/mol. The highest BCUT2D eigenvalue weighted by atomic mass is 32.2. The van der Waals surface area contributed by atoms with Crippen LogP contribution in [0.2, 0.25) is 0 Å². The second-order valence-corrected chi connectivity index (χ2v) is 7.45. The van der Waals surface area contributed by atoms with E-state index in [-0.39, 0.29) is 6.04 Å². The third-order valence-corrected chi connectivity index (χ3v) is 5.52. The highest BCUT2D eigenvalue weighted by Gasteiger charge is 2.14. The summed E-state index contributed by atoms with van der Waals surface area (Å²) in [6.07, 6.45) is 2.07. The van der Waals surface area contributed by atoms with Crippen molar-refractivity contribution in [3.63, 3.8) is 0 Å². The maximum atomic E-state index is 11.4. The Labute approximate surface area is 120 Å². The van der Waals surface area contributed by atoms with Gasteiger partial charge in [0.2, 0.25) is 10.0 Å². The van der Waals surface area contributed by atoms with E-state index < -0.39 is 10.0 Å². The molecule has 0 saturated carbocycles. The summed E-state index contributed by atoms with van der Waals surface area (Å²) in [5.41, 5.74) is 2.92. The topological polar surface area (TPSA) is 62.3 Å². The summed E-state index contributed by atoms with van der Waals surface area (Å²) in [5.74, 6) is 0. The van der Waals surface area contributed by atoms with Gasteiger partial charge in [-0.2, -0.15) is 0 Å². The number of thiazole rings is 1. The molecule has 1 atom stereocenters. The molecule has 1 unspecified atom stereocenters. The van der Waals surface area contributed by atoms with Crippen molar-refractivity contribution in [2.75, 3.05) is 25.9 Å². The van der Waals surface area contributed by atoms with E-state index in [2.05, 4.69) is 17.2 Å². The first kappa shape index (κ1) is 16.6. The second-order valence-electron chi connectivity index (χ2n) is 4.59. The van der Waals surface area contributed by atoms with Gasteiger partial charge < -0.3 is 5.32 Å². The molecular weight excluding hydrogens is 282 g/mol. The van der Waals surface area contributed by atoms with Gasteiger partial charge in [-0.1, -0.05) is 6.92 Å². The summed E-state index contributed by atoms with van der Waals surface area (Å²) in [6, 6.07) is 0.265. The largest absolute Gasteiger partial charge is 0.309 e. The molecule has 5 nitrogen and oxygen atoms in total. The molecule has 0 amide bonds. The lowest BCUT2D eigenvalue weighted by molar-refractivity contribution is 0.414. The van der Waals surface area contributed by atoms with E-state index in [4.69, 9.17) is 0 Å². The smallest absolute Gasteiger partial charge is 0.211 e. The molecule has 1 rings (SSSR count). The summed E-state index contributed by atoms with van der Waals surface area (Å²) >= 11 is 1.65. The van der Waals surface area contributed by atoms with Crippen LogP contribution in [0.3, 0.4) is 0 Å². The molecule has 0 spiro atoms. The van der Waals surface area contributed by atoms with E-state index in [9.17, 15) is 8.42 Å². The fourth-order valence-corrected chi connectivity index (χ4v) is 3.72. The van der Waals surface area contributed by atoms with Crippen molar-refractivity contribution in [1.82, 2.24) is 14.6 Å². The number of aryl methyl sites for hydroxylation is 1. The zero-order valence-electron chi connectivity index (χ0n) is 12.0. The van der Waals surface area contributed by atoms with Crippen molar-refractivity contribution >= 4 is 21.4 Å². The molecule has 7 heteroatoms. The van der Waals surface area contributed by atoms with Crippen LogP contribution in [0.1, 0.15) is 36.9 Å². The number of rotatable bonds is 8. The molecule has 1 N–H and O–H groups in total. The van der Waals surface area contributed by atoms with Crippen LogP contribution in [0.25, 0.3) is 0 Å². The van der Waals surface area contributed by atoms with E-state index in [0.717, 1.165) is 18.7 Å². The van der Waals surface area contributed by atoms with E-state index in [0.29, 0.717) is 13.1 Å². The maximum absolute atomic E-state index is 11.4. The third-order valence-electron chi connectivity index (χ3n) is 3.03. The van der Waals surface area contributed by atoms with Gasteiger partial charge >= 0.3 is 0 Å². The lowest BCUT2D eigenvalue weighted by Gasteiger charge is -2.18. The summed E-state index contributed by atoms with van der Waals surface area (Å²) in [6.45, 7) is 7.86. The van der Waals surface area contributed by atoms with Crippen molar-refractivity contribution in [2.24, 2.45) is 0 Å². The van der Waals surface area contributed by atoms with Crippen LogP contribution in [0.5, 0.6) is 0 Å². The Morgan fingerprint density at radius 3 is 2.68 bits per heavy atom. The van der Waals surface area contributed by atoms with Gasteiger partial charge in [-0.15, -0.1) is 11.3 Å². The highest BCUT2D eigenvalue weighted by Crippen LogP contribution is 2.20. The first-order valence-electron chi connectivity index (χ1n) is 6.44. The molecule has 19 heavy (non-hydrogen) atoms.